The van der Waals surface area contributed by atoms with E-state index in [0.717, 1.165) is 29.8 Å². The Morgan fingerprint density at radius 1 is 0.510 bits per heavy atom. The van der Waals surface area contributed by atoms with Gasteiger partial charge in [-0.3, -0.25) is 9.11 Å². The van der Waals surface area contributed by atoms with E-state index in [9.17, 15) is 46.4 Å². The molecule has 8 bridgehead atoms. The summed E-state index contributed by atoms with van der Waals surface area (Å²) in [5, 5.41) is 45.7. The number of phenolic OH excluding ortho intramolecular Hbond substituents is 4. The molecule has 49 heavy (non-hydrogen) atoms. The molecule has 1 heterocycles. The van der Waals surface area contributed by atoms with Gasteiger partial charge in [-0.05, 0) is 69.8 Å². The number of rotatable bonds is 4. The summed E-state index contributed by atoms with van der Waals surface area (Å²) in [6, 6.07) is 16.3. The van der Waals surface area contributed by atoms with Gasteiger partial charge in [0.15, 0.2) is 12.4 Å². The lowest BCUT2D eigenvalue weighted by atomic mass is 9.90. The zero-order valence-corrected chi connectivity index (χ0v) is 27.7. The molecular weight excluding hydrogens is 671 g/mol. The van der Waals surface area contributed by atoms with Gasteiger partial charge in [0.1, 0.15) is 30.0 Å². The van der Waals surface area contributed by atoms with Gasteiger partial charge in [-0.1, -0.05) is 30.4 Å². The van der Waals surface area contributed by atoms with Crippen LogP contribution in [0.4, 0.5) is 0 Å². The smallest absolute Gasteiger partial charge is 0.294 e. The zero-order valence-electron chi connectivity index (χ0n) is 26.1. The summed E-state index contributed by atoms with van der Waals surface area (Å²) in [4.78, 5) is -1.14. The first-order valence-electron chi connectivity index (χ1n) is 15.0. The molecule has 5 aromatic rings. The number of nitrogens with zero attached hydrogens (tertiary/aromatic N) is 1. The number of hydrogen-bond donors (Lipinski definition) is 6. The highest BCUT2D eigenvalue weighted by molar-refractivity contribution is 7.86. The second-order valence-corrected chi connectivity index (χ2v) is 14.9. The third-order valence-corrected chi connectivity index (χ3v) is 10.2. The van der Waals surface area contributed by atoms with Gasteiger partial charge in [0.2, 0.25) is 0 Å². The van der Waals surface area contributed by atoms with Crippen molar-refractivity contribution in [3.63, 3.8) is 0 Å². The lowest BCUT2D eigenvalue weighted by molar-refractivity contribution is -0.671. The topological polar surface area (TPSA) is 194 Å². The minimum Gasteiger partial charge on any atom is -0.507 e. The molecule has 4 aromatic carbocycles. The van der Waals surface area contributed by atoms with Crippen LogP contribution in [0.25, 0.3) is 12.2 Å². The number of benzene rings is 4. The van der Waals surface area contributed by atoms with Crippen LogP contribution < -0.4 is 4.57 Å². The molecule has 11 nitrogen and oxygen atoms in total. The predicted octanol–water partition coefficient (Wildman–Crippen LogP) is 4.67. The predicted molar refractivity (Wildman–Crippen MR) is 180 cm³/mol. The Balaban J connectivity index is 1.61. The summed E-state index contributed by atoms with van der Waals surface area (Å²) in [6.45, 7) is 0. The number of fused-ring (bicyclic) bond motifs is 8. The first-order chi connectivity index (χ1) is 23.1. The van der Waals surface area contributed by atoms with Crippen molar-refractivity contribution in [3.8, 4) is 23.0 Å². The van der Waals surface area contributed by atoms with Gasteiger partial charge in [-0.2, -0.15) is 16.8 Å². The molecule has 252 valence electrons. The van der Waals surface area contributed by atoms with Gasteiger partial charge in [0, 0.05) is 60.1 Å². The molecule has 0 saturated heterocycles. The number of aromatic hydroxyl groups is 4. The second kappa shape index (κ2) is 12.7. The molecule has 0 saturated carbocycles. The lowest BCUT2D eigenvalue weighted by Gasteiger charge is -2.18. The van der Waals surface area contributed by atoms with Crippen molar-refractivity contribution in [3.05, 3.63) is 135 Å². The number of hydrogen-bond acceptors (Lipinski definition) is 8. The van der Waals surface area contributed by atoms with Crippen molar-refractivity contribution < 1.29 is 50.9 Å². The Labute approximate surface area is 282 Å². The van der Waals surface area contributed by atoms with E-state index in [1.54, 1.807) is 30.3 Å². The summed E-state index contributed by atoms with van der Waals surface area (Å²) >= 11 is 0. The Hall–Kier alpha value is -5.21. The Morgan fingerprint density at radius 2 is 0.837 bits per heavy atom. The van der Waals surface area contributed by atoms with Crippen molar-refractivity contribution in [2.45, 2.75) is 35.5 Å². The quantitative estimate of drug-likeness (QED) is 0.111. The largest absolute Gasteiger partial charge is 0.507 e. The highest BCUT2D eigenvalue weighted by atomic mass is 32.2. The number of aryl methyl sites for hydroxylation is 1. The van der Waals surface area contributed by atoms with E-state index >= 15 is 0 Å². The maximum absolute atomic E-state index is 12.4. The highest BCUT2D eigenvalue weighted by Crippen LogP contribution is 2.39. The van der Waals surface area contributed by atoms with Crippen LogP contribution in [0, 0.1) is 0 Å². The summed E-state index contributed by atoms with van der Waals surface area (Å²) < 4.78 is 71.0. The van der Waals surface area contributed by atoms with Crippen molar-refractivity contribution in [2.75, 3.05) is 0 Å². The molecule has 0 amide bonds. The summed E-state index contributed by atoms with van der Waals surface area (Å²) in [5.41, 5.74) is 2.82. The monoisotopic (exact) mass is 702 g/mol. The first-order valence-corrected chi connectivity index (χ1v) is 17.9. The summed E-state index contributed by atoms with van der Waals surface area (Å²) in [5.74, 6) is -1.12. The molecule has 0 unspecified atom stereocenters. The van der Waals surface area contributed by atoms with E-state index < -0.39 is 47.9 Å². The average Bonchev–Trinajstić information content (AvgIpc) is 3.02. The fraction of sp³-hybridized carbons (Fsp3) is 0.139. The number of phenols is 4. The van der Waals surface area contributed by atoms with E-state index in [1.165, 1.54) is 0 Å². The fourth-order valence-corrected chi connectivity index (χ4v) is 7.18. The number of pyridine rings is 1. The van der Waals surface area contributed by atoms with Crippen LogP contribution in [0.5, 0.6) is 23.0 Å². The molecule has 1 aromatic heterocycles. The summed E-state index contributed by atoms with van der Waals surface area (Å²) in [7, 11) is -7.72. The molecule has 0 aliphatic heterocycles. The normalized spacial score (nSPS) is 13.4. The van der Waals surface area contributed by atoms with Crippen molar-refractivity contribution in [1.29, 1.82) is 0 Å². The second-order valence-electron chi connectivity index (χ2n) is 12.1. The van der Waals surface area contributed by atoms with Gasteiger partial charge in [-0.25, -0.2) is 4.57 Å². The van der Waals surface area contributed by atoms with Crippen LogP contribution in [-0.2, 0) is 53.0 Å². The van der Waals surface area contributed by atoms with Gasteiger partial charge in [0.05, 0.1) is 9.79 Å². The van der Waals surface area contributed by atoms with Crippen LogP contribution in [-0.4, -0.2) is 46.4 Å². The van der Waals surface area contributed by atoms with Crippen LogP contribution >= 0.6 is 0 Å². The molecule has 0 spiro atoms. The zero-order chi connectivity index (χ0) is 35.2. The Bertz CT molecular complexity index is 2380. The standard InChI is InChI=1S/C36H31NO10S2/c1-37-9-7-21(8-10-37)5-6-22-11-25-13-23-3-2-4-24(33(23)38)14-27-17-31(48(42,43)44)19-29(35(27)40)16-30-20-32(49(45,46)47)18-28(36(30)41)15-26(12-22)34(25)39/h2-12,17-20H,13-16H2,1H3,(H5,38,40,41,42,43,44,45,46,47)/p+1. The third-order valence-electron chi connectivity index (χ3n) is 8.57. The van der Waals surface area contributed by atoms with E-state index in [1.807, 2.05) is 48.3 Å². The molecule has 6 N–H and O–H groups in total. The van der Waals surface area contributed by atoms with Crippen LogP contribution in [0.2, 0.25) is 0 Å². The van der Waals surface area contributed by atoms with Gasteiger partial charge in [-0.15, -0.1) is 0 Å². The maximum Gasteiger partial charge on any atom is 0.294 e. The number of para-hydroxylation sites is 1. The molecule has 1 aliphatic rings. The van der Waals surface area contributed by atoms with Crippen LogP contribution in [0.3, 0.4) is 0 Å². The number of aromatic nitrogens is 1. The Morgan fingerprint density at radius 3 is 1.22 bits per heavy atom. The third kappa shape index (κ3) is 7.15. The molecule has 0 fully saturated rings. The first kappa shape index (κ1) is 33.7. The van der Waals surface area contributed by atoms with Crippen molar-refractivity contribution in [1.82, 2.24) is 0 Å². The average molecular weight is 703 g/mol. The van der Waals surface area contributed by atoms with Crippen molar-refractivity contribution >= 4 is 32.4 Å². The SMILES string of the molecule is C[n+]1ccc(/C=C/c2cc3c(O)c(c2)Cc2cc(S(=O)(=O)O)cc(c2O)Cc2cc(S(=O)(=O)O)cc(c2O)Cc2cccc(c2O)C3)cc1. The maximum atomic E-state index is 12.4. The van der Waals surface area contributed by atoms with Crippen LogP contribution in [0.1, 0.15) is 55.6 Å². The van der Waals surface area contributed by atoms with Gasteiger partial charge < -0.3 is 20.4 Å². The van der Waals surface area contributed by atoms with Crippen molar-refractivity contribution in [2.24, 2.45) is 7.05 Å². The lowest BCUT2D eigenvalue weighted by Crippen LogP contribution is -2.25. The Kier molecular flexibility index (Phi) is 8.71. The fourth-order valence-electron chi connectivity index (χ4n) is 6.01. The van der Waals surface area contributed by atoms with E-state index in [4.69, 9.17) is 0 Å². The molecular formula is C36H32NO10S2+. The minimum absolute atomic E-state index is 0.00523. The molecule has 0 radical (unpaired) electrons. The molecule has 0 atom stereocenters. The van der Waals surface area contributed by atoms with E-state index in [-0.39, 0.29) is 53.0 Å². The highest BCUT2D eigenvalue weighted by Gasteiger charge is 2.24. The molecule has 1 aliphatic carbocycles. The van der Waals surface area contributed by atoms with Gasteiger partial charge >= 0.3 is 0 Å². The summed E-state index contributed by atoms with van der Waals surface area (Å²) in [6.07, 6.45) is 6.70. The van der Waals surface area contributed by atoms with Gasteiger partial charge in [0.25, 0.3) is 20.2 Å². The minimum atomic E-state index is -4.82. The molecule has 13 heteroatoms. The van der Waals surface area contributed by atoms with Crippen LogP contribution in [0.15, 0.2) is 88.9 Å². The van der Waals surface area contributed by atoms with E-state index in [0.29, 0.717) is 27.8 Å². The van der Waals surface area contributed by atoms with E-state index in [2.05, 4.69) is 0 Å². The molecule has 6 rings (SSSR count).